The number of hydrogen-bond donors (Lipinski definition) is 2. The van der Waals surface area contributed by atoms with Gasteiger partial charge in [0, 0.05) is 17.7 Å². The third-order valence-electron chi connectivity index (χ3n) is 2.76. The maximum atomic E-state index is 5.58. The second kappa shape index (κ2) is 5.40. The molecule has 0 amide bonds. The highest BCUT2D eigenvalue weighted by Crippen LogP contribution is 2.19. The Morgan fingerprint density at radius 2 is 1.95 bits per heavy atom. The van der Waals surface area contributed by atoms with Gasteiger partial charge >= 0.3 is 0 Å². The molecule has 100 valence electrons. The molecular formula is C14H13N5O. The third-order valence-corrected chi connectivity index (χ3v) is 2.76. The molecule has 0 radical (unpaired) electrons. The van der Waals surface area contributed by atoms with Gasteiger partial charge in [-0.3, -0.25) is 0 Å². The molecule has 0 saturated carbocycles. The first-order chi connectivity index (χ1) is 9.81. The van der Waals surface area contributed by atoms with Gasteiger partial charge in [-0.15, -0.1) is 0 Å². The molecule has 0 aliphatic heterocycles. The monoisotopic (exact) mass is 267 g/mol. The fourth-order valence-corrected chi connectivity index (χ4v) is 1.79. The SMILES string of the molecule is Nc1cc(NCc2cc(-c3ccccc3)no2)ncn1. The van der Waals surface area contributed by atoms with Crippen molar-refractivity contribution in [2.24, 2.45) is 0 Å². The number of hydrogen-bond acceptors (Lipinski definition) is 6. The van der Waals surface area contributed by atoms with Crippen LogP contribution in [0.1, 0.15) is 5.76 Å². The minimum atomic E-state index is 0.421. The average molecular weight is 267 g/mol. The molecule has 2 heterocycles. The van der Waals surface area contributed by atoms with Crippen molar-refractivity contribution in [1.82, 2.24) is 15.1 Å². The van der Waals surface area contributed by atoms with Crippen molar-refractivity contribution in [3.8, 4) is 11.3 Å². The summed E-state index contributed by atoms with van der Waals surface area (Å²) in [6.07, 6.45) is 1.41. The van der Waals surface area contributed by atoms with Gasteiger partial charge in [-0.05, 0) is 0 Å². The molecule has 0 bridgehead atoms. The molecule has 2 aromatic heterocycles. The lowest BCUT2D eigenvalue weighted by Gasteiger charge is -2.02. The Morgan fingerprint density at radius 1 is 1.10 bits per heavy atom. The number of aromatic nitrogens is 3. The Hall–Kier alpha value is -2.89. The highest BCUT2D eigenvalue weighted by Gasteiger charge is 2.06. The van der Waals surface area contributed by atoms with Crippen molar-refractivity contribution >= 4 is 11.6 Å². The number of nitrogens with one attached hydrogen (secondary N) is 1. The zero-order valence-electron chi connectivity index (χ0n) is 10.7. The van der Waals surface area contributed by atoms with Gasteiger partial charge in [-0.1, -0.05) is 35.5 Å². The van der Waals surface area contributed by atoms with E-state index in [9.17, 15) is 0 Å². The molecule has 0 saturated heterocycles. The quantitative estimate of drug-likeness (QED) is 0.754. The molecule has 20 heavy (non-hydrogen) atoms. The van der Waals surface area contributed by atoms with E-state index in [0.717, 1.165) is 17.0 Å². The van der Waals surface area contributed by atoms with Gasteiger partial charge in [-0.25, -0.2) is 9.97 Å². The lowest BCUT2D eigenvalue weighted by molar-refractivity contribution is 0.390. The minimum Gasteiger partial charge on any atom is -0.384 e. The molecule has 6 nitrogen and oxygen atoms in total. The average Bonchev–Trinajstić information content (AvgIpc) is 2.95. The van der Waals surface area contributed by atoms with E-state index in [1.54, 1.807) is 6.07 Å². The lowest BCUT2D eigenvalue weighted by Crippen LogP contribution is -2.02. The van der Waals surface area contributed by atoms with Crippen LogP contribution in [0, 0.1) is 0 Å². The number of benzene rings is 1. The van der Waals surface area contributed by atoms with Crippen molar-refractivity contribution in [3.63, 3.8) is 0 Å². The van der Waals surface area contributed by atoms with E-state index >= 15 is 0 Å². The van der Waals surface area contributed by atoms with E-state index < -0.39 is 0 Å². The molecule has 0 aliphatic carbocycles. The highest BCUT2D eigenvalue weighted by molar-refractivity contribution is 5.58. The van der Waals surface area contributed by atoms with Crippen molar-refractivity contribution in [2.75, 3.05) is 11.1 Å². The molecule has 3 N–H and O–H groups in total. The second-order valence-corrected chi connectivity index (χ2v) is 4.23. The third kappa shape index (κ3) is 2.74. The Labute approximate surface area is 115 Å². The minimum absolute atomic E-state index is 0.421. The fraction of sp³-hybridized carbons (Fsp3) is 0.0714. The lowest BCUT2D eigenvalue weighted by atomic mass is 10.1. The predicted octanol–water partition coefficient (Wildman–Crippen LogP) is 2.33. The standard InChI is InChI=1S/C14H13N5O/c15-13-7-14(18-9-17-13)16-8-11-6-12(19-20-11)10-4-2-1-3-5-10/h1-7,9H,8H2,(H3,15,16,17,18). The first-order valence-electron chi connectivity index (χ1n) is 6.14. The van der Waals surface area contributed by atoms with E-state index in [-0.39, 0.29) is 0 Å². The maximum absolute atomic E-state index is 5.58. The van der Waals surface area contributed by atoms with Crippen LogP contribution in [0.3, 0.4) is 0 Å². The first kappa shape index (κ1) is 12.2. The molecule has 6 heteroatoms. The molecule has 0 spiro atoms. The summed E-state index contributed by atoms with van der Waals surface area (Å²) in [7, 11) is 0. The topological polar surface area (TPSA) is 89.9 Å². The smallest absolute Gasteiger partial charge is 0.156 e. The Bertz CT molecular complexity index is 696. The van der Waals surface area contributed by atoms with Gasteiger partial charge in [0.1, 0.15) is 23.7 Å². The van der Waals surface area contributed by atoms with Crippen LogP contribution < -0.4 is 11.1 Å². The number of anilines is 2. The van der Waals surface area contributed by atoms with Crippen LogP contribution in [0.5, 0.6) is 0 Å². The van der Waals surface area contributed by atoms with Gasteiger partial charge in [0.15, 0.2) is 5.76 Å². The van der Waals surface area contributed by atoms with E-state index in [0.29, 0.717) is 18.2 Å². The van der Waals surface area contributed by atoms with E-state index in [4.69, 9.17) is 10.3 Å². The molecule has 0 unspecified atom stereocenters. The molecule has 0 aliphatic rings. The fourth-order valence-electron chi connectivity index (χ4n) is 1.79. The van der Waals surface area contributed by atoms with E-state index in [1.165, 1.54) is 6.33 Å². The number of nitrogens with two attached hydrogens (primary N) is 1. The summed E-state index contributed by atoms with van der Waals surface area (Å²) in [5, 5.41) is 7.15. The van der Waals surface area contributed by atoms with E-state index in [2.05, 4.69) is 20.4 Å². The van der Waals surface area contributed by atoms with Crippen LogP contribution in [0.4, 0.5) is 11.6 Å². The molecule has 0 atom stereocenters. The van der Waals surface area contributed by atoms with Gasteiger partial charge in [0.2, 0.25) is 0 Å². The Balaban J connectivity index is 1.69. The second-order valence-electron chi connectivity index (χ2n) is 4.23. The highest BCUT2D eigenvalue weighted by atomic mass is 16.5. The summed E-state index contributed by atoms with van der Waals surface area (Å²) in [5.41, 5.74) is 7.41. The zero-order valence-corrected chi connectivity index (χ0v) is 10.7. The van der Waals surface area contributed by atoms with Crippen molar-refractivity contribution in [1.29, 1.82) is 0 Å². The van der Waals surface area contributed by atoms with Crippen molar-refractivity contribution < 1.29 is 4.52 Å². The molecular weight excluding hydrogens is 254 g/mol. The molecule has 3 aromatic rings. The number of rotatable bonds is 4. The van der Waals surface area contributed by atoms with Crippen LogP contribution in [0.2, 0.25) is 0 Å². The normalized spacial score (nSPS) is 10.4. The summed E-state index contributed by atoms with van der Waals surface area (Å²) >= 11 is 0. The largest absolute Gasteiger partial charge is 0.384 e. The van der Waals surface area contributed by atoms with Crippen molar-refractivity contribution in [2.45, 2.75) is 6.54 Å². The van der Waals surface area contributed by atoms with E-state index in [1.807, 2.05) is 36.4 Å². The first-order valence-corrected chi connectivity index (χ1v) is 6.14. The summed E-state index contributed by atoms with van der Waals surface area (Å²) in [4.78, 5) is 7.88. The van der Waals surface area contributed by atoms with Gasteiger partial charge in [-0.2, -0.15) is 0 Å². The molecule has 1 aromatic carbocycles. The zero-order chi connectivity index (χ0) is 13.8. The Kier molecular flexibility index (Phi) is 3.28. The van der Waals surface area contributed by atoms with Gasteiger partial charge in [0.05, 0.1) is 6.54 Å². The molecule has 3 rings (SSSR count). The predicted molar refractivity (Wildman–Crippen MR) is 75.7 cm³/mol. The van der Waals surface area contributed by atoms with Crippen molar-refractivity contribution in [3.05, 3.63) is 54.6 Å². The van der Waals surface area contributed by atoms with Gasteiger partial charge in [0.25, 0.3) is 0 Å². The summed E-state index contributed by atoms with van der Waals surface area (Å²) in [5.74, 6) is 1.79. The van der Waals surface area contributed by atoms with Crippen LogP contribution in [-0.2, 0) is 6.54 Å². The summed E-state index contributed by atoms with van der Waals surface area (Å²) in [6.45, 7) is 0.482. The number of nitrogens with zero attached hydrogens (tertiary/aromatic N) is 3. The van der Waals surface area contributed by atoms with Crippen LogP contribution in [0.25, 0.3) is 11.3 Å². The Morgan fingerprint density at radius 3 is 2.75 bits per heavy atom. The number of nitrogen functional groups attached to an aromatic ring is 1. The van der Waals surface area contributed by atoms with Crippen LogP contribution in [-0.4, -0.2) is 15.1 Å². The van der Waals surface area contributed by atoms with Gasteiger partial charge < -0.3 is 15.6 Å². The van der Waals surface area contributed by atoms with Crippen LogP contribution >= 0.6 is 0 Å². The summed E-state index contributed by atoms with van der Waals surface area (Å²) in [6, 6.07) is 13.4. The van der Waals surface area contributed by atoms with Crippen LogP contribution in [0.15, 0.2) is 53.3 Å². The molecule has 0 fully saturated rings. The maximum Gasteiger partial charge on any atom is 0.156 e. The summed E-state index contributed by atoms with van der Waals surface area (Å²) < 4.78 is 5.28.